The molecule has 0 bridgehead atoms. The molecule has 3 nitrogen and oxygen atoms in total. The van der Waals surface area contributed by atoms with Gasteiger partial charge in [0, 0.05) is 18.3 Å². The van der Waals surface area contributed by atoms with E-state index in [1.54, 1.807) is 0 Å². The van der Waals surface area contributed by atoms with Gasteiger partial charge in [-0.05, 0) is 13.3 Å². The average molecular weight is 129 g/mol. The van der Waals surface area contributed by atoms with Gasteiger partial charge in [-0.25, -0.2) is 0 Å². The zero-order valence-electron chi connectivity index (χ0n) is 5.80. The van der Waals surface area contributed by atoms with E-state index in [0.717, 1.165) is 6.42 Å². The summed E-state index contributed by atoms with van der Waals surface area (Å²) in [5.41, 5.74) is 16.8. The smallest absolute Gasteiger partial charge is 0.0323 e. The molecule has 0 aromatic heterocycles. The van der Waals surface area contributed by atoms with Gasteiger partial charge in [-0.15, -0.1) is 0 Å². The number of hydrogen-bond acceptors (Lipinski definition) is 3. The van der Waals surface area contributed by atoms with E-state index < -0.39 is 0 Å². The molecule has 3 heteroatoms. The molecule has 0 heterocycles. The van der Waals surface area contributed by atoms with Crippen LogP contribution in [0.2, 0.25) is 0 Å². The molecule has 0 aliphatic rings. The summed E-state index contributed by atoms with van der Waals surface area (Å²) in [5, 5.41) is 0. The predicted octanol–water partition coefficient (Wildman–Crippen LogP) is -0.475. The maximum Gasteiger partial charge on any atom is 0.0323 e. The summed E-state index contributed by atoms with van der Waals surface area (Å²) in [6, 6.07) is 0.176. The van der Waals surface area contributed by atoms with Crippen molar-refractivity contribution in [1.29, 1.82) is 0 Å². The molecule has 0 aromatic rings. The Labute approximate surface area is 55.9 Å². The van der Waals surface area contributed by atoms with Crippen LogP contribution in [0.25, 0.3) is 0 Å². The SMILES string of the molecule is CC(N)CC=C(N)CN. The maximum absolute atomic E-state index is 5.45. The van der Waals surface area contributed by atoms with Crippen molar-refractivity contribution < 1.29 is 0 Å². The molecule has 0 spiro atoms. The summed E-state index contributed by atoms with van der Waals surface area (Å²) < 4.78 is 0. The largest absolute Gasteiger partial charge is 0.401 e. The summed E-state index contributed by atoms with van der Waals surface area (Å²) >= 11 is 0. The zero-order valence-corrected chi connectivity index (χ0v) is 5.80. The maximum atomic E-state index is 5.45. The summed E-state index contributed by atoms with van der Waals surface area (Å²) in [5.74, 6) is 0. The molecule has 9 heavy (non-hydrogen) atoms. The monoisotopic (exact) mass is 129 g/mol. The highest BCUT2D eigenvalue weighted by Gasteiger charge is 1.89. The molecule has 6 N–H and O–H groups in total. The van der Waals surface area contributed by atoms with Crippen LogP contribution in [0.1, 0.15) is 13.3 Å². The lowest BCUT2D eigenvalue weighted by molar-refractivity contribution is 0.751. The fraction of sp³-hybridized carbons (Fsp3) is 0.667. The number of hydrogen-bond donors (Lipinski definition) is 3. The second-order valence-corrected chi connectivity index (χ2v) is 2.20. The molecule has 1 unspecified atom stereocenters. The van der Waals surface area contributed by atoms with Crippen molar-refractivity contribution in [3.63, 3.8) is 0 Å². The summed E-state index contributed by atoms with van der Waals surface area (Å²) in [6.45, 7) is 2.35. The van der Waals surface area contributed by atoms with E-state index >= 15 is 0 Å². The first-order valence-electron chi connectivity index (χ1n) is 3.07. The van der Waals surface area contributed by atoms with Gasteiger partial charge in [0.15, 0.2) is 0 Å². The highest BCUT2D eigenvalue weighted by Crippen LogP contribution is 1.89. The van der Waals surface area contributed by atoms with Gasteiger partial charge in [0.05, 0.1) is 0 Å². The molecule has 0 radical (unpaired) electrons. The summed E-state index contributed by atoms with van der Waals surface area (Å²) in [4.78, 5) is 0. The Bertz CT molecular complexity index is 96.5. The van der Waals surface area contributed by atoms with Crippen molar-refractivity contribution in [3.05, 3.63) is 11.8 Å². The van der Waals surface area contributed by atoms with Crippen LogP contribution in [-0.4, -0.2) is 12.6 Å². The van der Waals surface area contributed by atoms with Crippen LogP contribution < -0.4 is 17.2 Å². The van der Waals surface area contributed by atoms with Gasteiger partial charge in [-0.3, -0.25) is 0 Å². The van der Waals surface area contributed by atoms with E-state index in [0.29, 0.717) is 12.2 Å². The second-order valence-electron chi connectivity index (χ2n) is 2.20. The fourth-order valence-corrected chi connectivity index (χ4v) is 0.421. The van der Waals surface area contributed by atoms with E-state index in [1.165, 1.54) is 0 Å². The first-order valence-corrected chi connectivity index (χ1v) is 3.07. The highest BCUT2D eigenvalue weighted by atomic mass is 14.7. The van der Waals surface area contributed by atoms with Crippen molar-refractivity contribution in [1.82, 2.24) is 0 Å². The molecule has 0 aliphatic heterocycles. The Morgan fingerprint density at radius 3 is 2.56 bits per heavy atom. The van der Waals surface area contributed by atoms with Crippen LogP contribution in [0.15, 0.2) is 11.8 Å². The molecule has 0 fully saturated rings. The minimum atomic E-state index is 0.176. The lowest BCUT2D eigenvalue weighted by Gasteiger charge is -1.99. The molecule has 0 saturated carbocycles. The van der Waals surface area contributed by atoms with Crippen LogP contribution in [0.4, 0.5) is 0 Å². The lowest BCUT2D eigenvalue weighted by atomic mass is 10.2. The van der Waals surface area contributed by atoms with E-state index in [9.17, 15) is 0 Å². The normalized spacial score (nSPS) is 15.7. The van der Waals surface area contributed by atoms with E-state index in [2.05, 4.69) is 0 Å². The zero-order chi connectivity index (χ0) is 7.28. The Morgan fingerprint density at radius 2 is 2.22 bits per heavy atom. The Hall–Kier alpha value is -0.540. The van der Waals surface area contributed by atoms with Crippen molar-refractivity contribution in [3.8, 4) is 0 Å². The van der Waals surface area contributed by atoms with Crippen molar-refractivity contribution in [2.45, 2.75) is 19.4 Å². The van der Waals surface area contributed by atoms with Crippen LogP contribution in [0.5, 0.6) is 0 Å². The predicted molar refractivity (Wildman–Crippen MR) is 39.6 cm³/mol. The van der Waals surface area contributed by atoms with Crippen molar-refractivity contribution in [2.24, 2.45) is 17.2 Å². The van der Waals surface area contributed by atoms with Crippen LogP contribution >= 0.6 is 0 Å². The molecule has 54 valence electrons. The van der Waals surface area contributed by atoms with E-state index in [-0.39, 0.29) is 6.04 Å². The van der Waals surface area contributed by atoms with Gasteiger partial charge in [0.2, 0.25) is 0 Å². The highest BCUT2D eigenvalue weighted by molar-refractivity contribution is 4.98. The van der Waals surface area contributed by atoms with Gasteiger partial charge in [0.25, 0.3) is 0 Å². The van der Waals surface area contributed by atoms with Crippen LogP contribution in [0, 0.1) is 0 Å². The number of nitrogens with two attached hydrogens (primary N) is 3. The third kappa shape index (κ3) is 5.33. The van der Waals surface area contributed by atoms with E-state index in [4.69, 9.17) is 17.2 Å². The molecule has 1 atom stereocenters. The fourth-order valence-electron chi connectivity index (χ4n) is 0.421. The summed E-state index contributed by atoms with van der Waals surface area (Å²) in [6.07, 6.45) is 2.67. The third-order valence-corrected chi connectivity index (χ3v) is 0.988. The minimum absolute atomic E-state index is 0.176. The quantitative estimate of drug-likeness (QED) is 0.482. The molecular formula is C6H15N3. The van der Waals surface area contributed by atoms with Crippen LogP contribution in [-0.2, 0) is 0 Å². The number of rotatable bonds is 3. The van der Waals surface area contributed by atoms with Gasteiger partial charge in [0.1, 0.15) is 0 Å². The second kappa shape index (κ2) is 4.35. The molecular weight excluding hydrogens is 114 g/mol. The van der Waals surface area contributed by atoms with Gasteiger partial charge >= 0.3 is 0 Å². The minimum Gasteiger partial charge on any atom is -0.401 e. The van der Waals surface area contributed by atoms with Crippen molar-refractivity contribution >= 4 is 0 Å². The molecule has 0 amide bonds. The van der Waals surface area contributed by atoms with Crippen molar-refractivity contribution in [2.75, 3.05) is 6.54 Å². The van der Waals surface area contributed by atoms with Crippen LogP contribution in [0.3, 0.4) is 0 Å². The molecule has 0 rings (SSSR count). The summed E-state index contributed by atoms with van der Waals surface area (Å²) in [7, 11) is 0. The van der Waals surface area contributed by atoms with Gasteiger partial charge in [-0.1, -0.05) is 6.08 Å². The standard InChI is InChI=1S/C6H15N3/c1-5(8)2-3-6(9)4-7/h3,5H,2,4,7-9H2,1H3. The Balaban J connectivity index is 3.43. The molecule has 0 saturated heterocycles. The lowest BCUT2D eigenvalue weighted by Crippen LogP contribution is -2.16. The Kier molecular flexibility index (Phi) is 4.09. The van der Waals surface area contributed by atoms with E-state index in [1.807, 2.05) is 13.0 Å². The van der Waals surface area contributed by atoms with Gasteiger partial charge in [-0.2, -0.15) is 0 Å². The third-order valence-electron chi connectivity index (χ3n) is 0.988. The first-order chi connectivity index (χ1) is 4.16. The topological polar surface area (TPSA) is 78.1 Å². The molecule has 0 aromatic carbocycles. The first kappa shape index (κ1) is 8.46. The Morgan fingerprint density at radius 1 is 1.67 bits per heavy atom. The molecule has 0 aliphatic carbocycles. The average Bonchev–Trinajstić information content (AvgIpc) is 1.83. The van der Waals surface area contributed by atoms with Gasteiger partial charge < -0.3 is 17.2 Å².